The normalized spacial score (nSPS) is 9.89. The number of aromatic nitrogens is 1. The lowest BCUT2D eigenvalue weighted by Crippen LogP contribution is -2.11. The van der Waals surface area contributed by atoms with Gasteiger partial charge in [-0.25, -0.2) is 0 Å². The van der Waals surface area contributed by atoms with E-state index in [1.165, 1.54) is 13.0 Å². The maximum Gasteiger partial charge on any atom is 0.406 e. The first-order valence-corrected chi connectivity index (χ1v) is 6.13. The number of hydrogen-bond acceptors (Lipinski definition) is 6. The average Bonchev–Trinajstić information content (AvgIpc) is 2.34. The highest BCUT2D eigenvalue weighted by Gasteiger charge is 2.18. The summed E-state index contributed by atoms with van der Waals surface area (Å²) in [5.41, 5.74) is 0.536. The second kappa shape index (κ2) is 6.90. The zero-order chi connectivity index (χ0) is 13.5. The fourth-order valence-corrected chi connectivity index (χ4v) is 1.44. The van der Waals surface area contributed by atoms with E-state index in [4.69, 9.17) is 4.74 Å². The molecule has 0 aromatic carbocycles. The third-order valence-electron chi connectivity index (χ3n) is 1.85. The van der Waals surface area contributed by atoms with Crippen molar-refractivity contribution >= 4 is 27.7 Å². The van der Waals surface area contributed by atoms with Gasteiger partial charge in [-0.15, -0.1) is 0 Å². The SMILES string of the molecule is CC(=O)OCCOc1ccc(CBr)nc1[N+](=O)[O-]. The van der Waals surface area contributed by atoms with E-state index in [1.54, 1.807) is 6.07 Å². The number of carbonyl (C=O) groups is 1. The van der Waals surface area contributed by atoms with Gasteiger partial charge in [-0.2, -0.15) is 0 Å². The zero-order valence-electron chi connectivity index (χ0n) is 9.59. The van der Waals surface area contributed by atoms with Crippen molar-refractivity contribution in [3.63, 3.8) is 0 Å². The molecule has 0 amide bonds. The van der Waals surface area contributed by atoms with Crippen molar-refractivity contribution in [3.05, 3.63) is 27.9 Å². The first-order chi connectivity index (χ1) is 8.54. The van der Waals surface area contributed by atoms with E-state index >= 15 is 0 Å². The molecule has 0 aliphatic carbocycles. The van der Waals surface area contributed by atoms with Crippen LogP contribution in [0.15, 0.2) is 12.1 Å². The van der Waals surface area contributed by atoms with Gasteiger partial charge in [0.05, 0.1) is 5.33 Å². The first kappa shape index (κ1) is 14.4. The van der Waals surface area contributed by atoms with Gasteiger partial charge in [0.15, 0.2) is 5.69 Å². The van der Waals surface area contributed by atoms with Crippen LogP contribution in [0.25, 0.3) is 0 Å². The molecule has 0 N–H and O–H groups in total. The van der Waals surface area contributed by atoms with Crippen LogP contribution in [0.5, 0.6) is 5.75 Å². The maximum atomic E-state index is 10.8. The highest BCUT2D eigenvalue weighted by molar-refractivity contribution is 9.08. The fraction of sp³-hybridized carbons (Fsp3) is 0.400. The Kier molecular flexibility index (Phi) is 5.50. The minimum Gasteiger partial charge on any atom is -0.482 e. The third-order valence-corrected chi connectivity index (χ3v) is 2.43. The summed E-state index contributed by atoms with van der Waals surface area (Å²) >= 11 is 3.16. The number of alkyl halides is 1. The minimum absolute atomic E-state index is 0.0344. The summed E-state index contributed by atoms with van der Waals surface area (Å²) in [5.74, 6) is -0.729. The van der Waals surface area contributed by atoms with E-state index < -0.39 is 10.9 Å². The molecule has 0 bridgehead atoms. The molecule has 0 spiro atoms. The van der Waals surface area contributed by atoms with Gasteiger partial charge in [-0.1, -0.05) is 15.9 Å². The van der Waals surface area contributed by atoms with Gasteiger partial charge >= 0.3 is 11.8 Å². The number of esters is 1. The predicted molar refractivity (Wildman–Crippen MR) is 65.7 cm³/mol. The van der Waals surface area contributed by atoms with Crippen molar-refractivity contribution in [2.75, 3.05) is 13.2 Å². The quantitative estimate of drug-likeness (QED) is 0.261. The van der Waals surface area contributed by atoms with Gasteiger partial charge in [-0.05, 0) is 22.0 Å². The number of nitro groups is 1. The van der Waals surface area contributed by atoms with Crippen molar-refractivity contribution in [3.8, 4) is 5.75 Å². The molecule has 0 fully saturated rings. The summed E-state index contributed by atoms with van der Waals surface area (Å²) in [6.45, 7) is 1.34. The third kappa shape index (κ3) is 4.28. The molecule has 1 aromatic heterocycles. The Morgan fingerprint density at radius 1 is 1.50 bits per heavy atom. The lowest BCUT2D eigenvalue weighted by atomic mass is 10.3. The smallest absolute Gasteiger partial charge is 0.406 e. The molecule has 8 heteroatoms. The van der Waals surface area contributed by atoms with Crippen LogP contribution in [0.1, 0.15) is 12.6 Å². The van der Waals surface area contributed by atoms with Crippen LogP contribution in [-0.2, 0) is 14.9 Å². The summed E-state index contributed by atoms with van der Waals surface area (Å²) in [4.78, 5) is 24.5. The fourth-order valence-electron chi connectivity index (χ4n) is 1.13. The number of halogens is 1. The minimum atomic E-state index is -0.618. The van der Waals surface area contributed by atoms with Gasteiger partial charge in [-0.3, -0.25) is 4.79 Å². The molecule has 0 saturated carbocycles. The van der Waals surface area contributed by atoms with Crippen LogP contribution >= 0.6 is 15.9 Å². The summed E-state index contributed by atoms with van der Waals surface area (Å²) < 4.78 is 9.80. The molecule has 0 saturated heterocycles. The van der Waals surface area contributed by atoms with Crippen molar-refractivity contribution in [2.45, 2.75) is 12.3 Å². The second-order valence-electron chi connectivity index (χ2n) is 3.20. The lowest BCUT2D eigenvalue weighted by molar-refractivity contribution is -0.390. The number of rotatable bonds is 6. The van der Waals surface area contributed by atoms with Crippen molar-refractivity contribution < 1.29 is 19.2 Å². The summed E-state index contributed by atoms with van der Waals surface area (Å²) in [6.07, 6.45) is 0. The van der Waals surface area contributed by atoms with Gasteiger partial charge in [0, 0.05) is 6.92 Å². The number of nitrogens with zero attached hydrogens (tertiary/aromatic N) is 2. The van der Waals surface area contributed by atoms with Crippen molar-refractivity contribution in [2.24, 2.45) is 0 Å². The van der Waals surface area contributed by atoms with E-state index in [2.05, 4.69) is 25.7 Å². The van der Waals surface area contributed by atoms with E-state index in [9.17, 15) is 14.9 Å². The van der Waals surface area contributed by atoms with E-state index in [-0.39, 0.29) is 24.8 Å². The van der Waals surface area contributed by atoms with E-state index in [1.807, 2.05) is 0 Å². The van der Waals surface area contributed by atoms with Crippen LogP contribution in [0.2, 0.25) is 0 Å². The highest BCUT2D eigenvalue weighted by atomic mass is 79.9. The molecular weight excluding hydrogens is 308 g/mol. The molecular formula is C10H11BrN2O5. The molecule has 0 atom stereocenters. The Hall–Kier alpha value is -1.70. The van der Waals surface area contributed by atoms with Crippen LogP contribution in [0, 0.1) is 10.1 Å². The largest absolute Gasteiger partial charge is 0.482 e. The number of hydrogen-bond donors (Lipinski definition) is 0. The van der Waals surface area contributed by atoms with Crippen LogP contribution < -0.4 is 4.74 Å². The molecule has 0 unspecified atom stereocenters. The molecule has 1 heterocycles. The average molecular weight is 319 g/mol. The second-order valence-corrected chi connectivity index (χ2v) is 3.76. The van der Waals surface area contributed by atoms with E-state index in [0.717, 1.165) is 0 Å². The molecule has 98 valence electrons. The van der Waals surface area contributed by atoms with Crippen molar-refractivity contribution in [1.82, 2.24) is 4.98 Å². The maximum absolute atomic E-state index is 10.8. The monoisotopic (exact) mass is 318 g/mol. The van der Waals surface area contributed by atoms with Gasteiger partial charge in [0.25, 0.3) is 0 Å². The van der Waals surface area contributed by atoms with Gasteiger partial charge in [0.1, 0.15) is 13.2 Å². The molecule has 0 radical (unpaired) electrons. The van der Waals surface area contributed by atoms with Gasteiger partial charge < -0.3 is 19.6 Å². The van der Waals surface area contributed by atoms with Crippen molar-refractivity contribution in [1.29, 1.82) is 0 Å². The summed E-state index contributed by atoms with van der Waals surface area (Å²) in [7, 11) is 0. The van der Waals surface area contributed by atoms with Crippen LogP contribution in [0.4, 0.5) is 5.82 Å². The molecule has 1 aromatic rings. The zero-order valence-corrected chi connectivity index (χ0v) is 11.2. The van der Waals surface area contributed by atoms with E-state index in [0.29, 0.717) is 11.0 Å². The molecule has 0 aliphatic heterocycles. The van der Waals surface area contributed by atoms with Gasteiger partial charge in [0.2, 0.25) is 5.75 Å². The number of ether oxygens (including phenoxy) is 2. The lowest BCUT2D eigenvalue weighted by Gasteiger charge is -2.06. The Balaban J connectivity index is 2.69. The Bertz CT molecular complexity index is 452. The highest BCUT2D eigenvalue weighted by Crippen LogP contribution is 2.25. The molecule has 18 heavy (non-hydrogen) atoms. The number of carbonyl (C=O) groups excluding carboxylic acids is 1. The Morgan fingerprint density at radius 2 is 2.22 bits per heavy atom. The molecule has 1 rings (SSSR count). The summed E-state index contributed by atoms with van der Waals surface area (Å²) in [6, 6.07) is 3.08. The Labute approximate surface area is 111 Å². The summed E-state index contributed by atoms with van der Waals surface area (Å²) in [5, 5.41) is 11.2. The topological polar surface area (TPSA) is 91.6 Å². The van der Waals surface area contributed by atoms with Crippen LogP contribution in [-0.4, -0.2) is 29.1 Å². The first-order valence-electron chi connectivity index (χ1n) is 5.01. The number of pyridine rings is 1. The molecule has 7 nitrogen and oxygen atoms in total. The molecule has 0 aliphatic rings. The Morgan fingerprint density at radius 3 is 2.78 bits per heavy atom. The predicted octanol–water partition coefficient (Wildman–Crippen LogP) is 1.83. The van der Waals surface area contributed by atoms with Crippen LogP contribution in [0.3, 0.4) is 0 Å². The standard InChI is InChI=1S/C10H11BrN2O5/c1-7(14)17-4-5-18-9-3-2-8(6-11)12-10(9)13(15)16/h2-3H,4-6H2,1H3.